The average molecular weight is 385 g/mol. The minimum absolute atomic E-state index is 0.0459. The second-order valence-electron chi connectivity index (χ2n) is 7.08. The molecule has 27 heavy (non-hydrogen) atoms. The van der Waals surface area contributed by atoms with Gasteiger partial charge >= 0.3 is 0 Å². The Kier molecular flexibility index (Phi) is 6.17. The molecule has 0 radical (unpaired) electrons. The molecule has 0 bridgehead atoms. The standard InChI is InChI=1S/C22H25ClN2O2/c1-3-4-6-16-9-11-18(12-10-16)24-22(27)17-13-21(26)25(14-17)20-8-5-7-19(23)15(20)2/h5,7-12,17H,3-4,6,13-14H2,1-2H3,(H,24,27). The van der Waals surface area contributed by atoms with Gasteiger partial charge in [0.05, 0.1) is 5.92 Å². The maximum Gasteiger partial charge on any atom is 0.229 e. The van der Waals surface area contributed by atoms with Gasteiger partial charge in [-0.1, -0.05) is 43.1 Å². The minimum atomic E-state index is -0.365. The van der Waals surface area contributed by atoms with Crippen LogP contribution in [0.3, 0.4) is 0 Å². The van der Waals surface area contributed by atoms with Crippen LogP contribution in [0, 0.1) is 12.8 Å². The van der Waals surface area contributed by atoms with Crippen LogP contribution in [0.5, 0.6) is 0 Å². The third-order valence-corrected chi connectivity index (χ3v) is 5.48. The monoisotopic (exact) mass is 384 g/mol. The molecular formula is C22H25ClN2O2. The molecular weight excluding hydrogens is 360 g/mol. The number of benzene rings is 2. The summed E-state index contributed by atoms with van der Waals surface area (Å²) in [6.07, 6.45) is 3.59. The highest BCUT2D eigenvalue weighted by Gasteiger charge is 2.35. The van der Waals surface area contributed by atoms with Crippen LogP contribution in [0.25, 0.3) is 0 Å². The van der Waals surface area contributed by atoms with E-state index in [2.05, 4.69) is 12.2 Å². The molecule has 1 atom stereocenters. The number of anilines is 2. The summed E-state index contributed by atoms with van der Waals surface area (Å²) in [5.74, 6) is -0.530. The first-order valence-electron chi connectivity index (χ1n) is 9.45. The number of carbonyl (C=O) groups is 2. The normalized spacial score (nSPS) is 16.6. The highest BCUT2D eigenvalue weighted by atomic mass is 35.5. The van der Waals surface area contributed by atoms with Crippen LogP contribution in [0.4, 0.5) is 11.4 Å². The maximum absolute atomic E-state index is 12.6. The summed E-state index contributed by atoms with van der Waals surface area (Å²) in [4.78, 5) is 26.7. The molecule has 1 aliphatic heterocycles. The molecule has 0 aromatic heterocycles. The van der Waals surface area contributed by atoms with Gasteiger partial charge in [0, 0.05) is 29.4 Å². The van der Waals surface area contributed by atoms with Crippen molar-refractivity contribution >= 4 is 34.8 Å². The summed E-state index contributed by atoms with van der Waals surface area (Å²) < 4.78 is 0. The lowest BCUT2D eigenvalue weighted by Crippen LogP contribution is -2.28. The molecule has 0 saturated carbocycles. The second-order valence-corrected chi connectivity index (χ2v) is 7.49. The van der Waals surface area contributed by atoms with Crippen molar-refractivity contribution in [3.63, 3.8) is 0 Å². The van der Waals surface area contributed by atoms with Gasteiger partial charge < -0.3 is 10.2 Å². The van der Waals surface area contributed by atoms with Crippen LogP contribution in [0.2, 0.25) is 5.02 Å². The van der Waals surface area contributed by atoms with Crippen LogP contribution in [0.1, 0.15) is 37.3 Å². The van der Waals surface area contributed by atoms with Crippen LogP contribution >= 0.6 is 11.6 Å². The molecule has 1 aliphatic rings. The number of hydrogen-bond acceptors (Lipinski definition) is 2. The van der Waals surface area contributed by atoms with Gasteiger partial charge in [-0.15, -0.1) is 0 Å². The van der Waals surface area contributed by atoms with E-state index in [0.29, 0.717) is 11.6 Å². The van der Waals surface area contributed by atoms with Crippen LogP contribution < -0.4 is 10.2 Å². The number of amides is 2. The fraction of sp³-hybridized carbons (Fsp3) is 0.364. The van der Waals surface area contributed by atoms with E-state index in [1.807, 2.05) is 43.3 Å². The summed E-state index contributed by atoms with van der Waals surface area (Å²) in [7, 11) is 0. The molecule has 2 aromatic carbocycles. The molecule has 0 aliphatic carbocycles. The van der Waals surface area contributed by atoms with Gasteiger partial charge in [-0.25, -0.2) is 0 Å². The first-order chi connectivity index (χ1) is 13.0. The highest BCUT2D eigenvalue weighted by molar-refractivity contribution is 6.31. The molecule has 2 amide bonds. The van der Waals surface area contributed by atoms with Gasteiger partial charge in [0.2, 0.25) is 11.8 Å². The van der Waals surface area contributed by atoms with Crippen molar-refractivity contribution in [2.75, 3.05) is 16.8 Å². The molecule has 1 N–H and O–H groups in total. The molecule has 4 nitrogen and oxygen atoms in total. The fourth-order valence-corrected chi connectivity index (χ4v) is 3.55. The summed E-state index contributed by atoms with van der Waals surface area (Å²) >= 11 is 6.17. The summed E-state index contributed by atoms with van der Waals surface area (Å²) in [5.41, 5.74) is 3.68. The third-order valence-electron chi connectivity index (χ3n) is 5.07. The Morgan fingerprint density at radius 1 is 1.22 bits per heavy atom. The van der Waals surface area contributed by atoms with Crippen LogP contribution in [0.15, 0.2) is 42.5 Å². The molecule has 1 fully saturated rings. The minimum Gasteiger partial charge on any atom is -0.326 e. The SMILES string of the molecule is CCCCc1ccc(NC(=O)C2CC(=O)N(c3cccc(Cl)c3C)C2)cc1. The number of nitrogens with zero attached hydrogens (tertiary/aromatic N) is 1. The Morgan fingerprint density at radius 3 is 2.67 bits per heavy atom. The molecule has 0 spiro atoms. The zero-order chi connectivity index (χ0) is 19.4. The number of aryl methyl sites for hydroxylation is 1. The van der Waals surface area contributed by atoms with E-state index >= 15 is 0 Å². The van der Waals surface area contributed by atoms with Crippen LogP contribution in [-0.4, -0.2) is 18.4 Å². The maximum atomic E-state index is 12.6. The Balaban J connectivity index is 1.64. The largest absolute Gasteiger partial charge is 0.326 e. The smallest absolute Gasteiger partial charge is 0.229 e. The molecule has 1 saturated heterocycles. The van der Waals surface area contributed by atoms with E-state index in [9.17, 15) is 9.59 Å². The van der Waals surface area contributed by atoms with Gasteiger partial charge in [-0.2, -0.15) is 0 Å². The molecule has 142 valence electrons. The quantitative estimate of drug-likeness (QED) is 0.763. The second kappa shape index (κ2) is 8.57. The fourth-order valence-electron chi connectivity index (χ4n) is 3.38. The van der Waals surface area contributed by atoms with Gasteiger partial charge in [-0.3, -0.25) is 9.59 Å². The lowest BCUT2D eigenvalue weighted by Gasteiger charge is -2.19. The van der Waals surface area contributed by atoms with Crippen molar-refractivity contribution in [2.24, 2.45) is 5.92 Å². The number of rotatable bonds is 6. The topological polar surface area (TPSA) is 49.4 Å². The number of hydrogen-bond donors (Lipinski definition) is 1. The van der Waals surface area contributed by atoms with E-state index < -0.39 is 0 Å². The van der Waals surface area contributed by atoms with E-state index in [-0.39, 0.29) is 24.2 Å². The molecule has 2 aromatic rings. The molecule has 5 heteroatoms. The molecule has 1 unspecified atom stereocenters. The van der Waals surface area contributed by atoms with Crippen LogP contribution in [-0.2, 0) is 16.0 Å². The van der Waals surface area contributed by atoms with Crippen molar-refractivity contribution in [3.05, 3.63) is 58.6 Å². The summed E-state index contributed by atoms with van der Waals surface area (Å²) in [5, 5.41) is 3.56. The predicted molar refractivity (Wildman–Crippen MR) is 110 cm³/mol. The van der Waals surface area contributed by atoms with Crippen molar-refractivity contribution in [2.45, 2.75) is 39.5 Å². The first-order valence-corrected chi connectivity index (χ1v) is 9.82. The first kappa shape index (κ1) is 19.4. The van der Waals surface area contributed by atoms with E-state index in [4.69, 9.17) is 11.6 Å². The third kappa shape index (κ3) is 4.51. The number of carbonyl (C=O) groups excluding carboxylic acids is 2. The number of unbranched alkanes of at least 4 members (excludes halogenated alkanes) is 1. The Hall–Kier alpha value is -2.33. The number of nitrogens with one attached hydrogen (secondary N) is 1. The Labute approximate surface area is 165 Å². The highest BCUT2D eigenvalue weighted by Crippen LogP contribution is 2.31. The zero-order valence-electron chi connectivity index (χ0n) is 15.8. The van der Waals surface area contributed by atoms with Gasteiger partial charge in [0.15, 0.2) is 0 Å². The van der Waals surface area contributed by atoms with Gasteiger partial charge in [0.25, 0.3) is 0 Å². The molecule has 1 heterocycles. The predicted octanol–water partition coefficient (Wildman–Crippen LogP) is 4.98. The van der Waals surface area contributed by atoms with Crippen molar-refractivity contribution < 1.29 is 9.59 Å². The zero-order valence-corrected chi connectivity index (χ0v) is 16.6. The van der Waals surface area contributed by atoms with E-state index in [1.54, 1.807) is 11.0 Å². The number of halogens is 1. The van der Waals surface area contributed by atoms with Crippen molar-refractivity contribution in [3.8, 4) is 0 Å². The van der Waals surface area contributed by atoms with Gasteiger partial charge in [0.1, 0.15) is 0 Å². The lowest BCUT2D eigenvalue weighted by atomic mass is 10.1. The Bertz CT molecular complexity index is 833. The summed E-state index contributed by atoms with van der Waals surface area (Å²) in [6.45, 7) is 4.44. The van der Waals surface area contributed by atoms with E-state index in [1.165, 1.54) is 5.56 Å². The van der Waals surface area contributed by atoms with Gasteiger partial charge in [-0.05, 0) is 55.2 Å². The van der Waals surface area contributed by atoms with E-state index in [0.717, 1.165) is 36.2 Å². The van der Waals surface area contributed by atoms with Crippen molar-refractivity contribution in [1.82, 2.24) is 0 Å². The molecule has 3 rings (SSSR count). The Morgan fingerprint density at radius 2 is 1.96 bits per heavy atom. The summed E-state index contributed by atoms with van der Waals surface area (Å²) in [6, 6.07) is 13.5. The van der Waals surface area contributed by atoms with Crippen molar-refractivity contribution in [1.29, 1.82) is 0 Å². The lowest BCUT2D eigenvalue weighted by molar-refractivity contribution is -0.122. The average Bonchev–Trinajstić information content (AvgIpc) is 3.05.